The first-order valence-corrected chi connectivity index (χ1v) is 4.72. The van der Waals surface area contributed by atoms with Gasteiger partial charge in [-0.15, -0.1) is 0 Å². The van der Waals surface area contributed by atoms with Crippen molar-refractivity contribution >= 4 is 28.9 Å². The van der Waals surface area contributed by atoms with Gasteiger partial charge in [-0.1, -0.05) is 11.6 Å². The summed E-state index contributed by atoms with van der Waals surface area (Å²) in [6.07, 6.45) is 0.826. The lowest BCUT2D eigenvalue weighted by Crippen LogP contribution is -2.20. The molecule has 6 heteroatoms. The van der Waals surface area contributed by atoms with Crippen molar-refractivity contribution in [1.82, 2.24) is 0 Å². The summed E-state index contributed by atoms with van der Waals surface area (Å²) in [4.78, 5) is 21.3. The molecule has 15 heavy (non-hydrogen) atoms. The van der Waals surface area contributed by atoms with E-state index in [-0.39, 0.29) is 17.3 Å². The van der Waals surface area contributed by atoms with Gasteiger partial charge in [-0.05, 0) is 18.1 Å². The molecule has 2 rings (SSSR count). The lowest BCUT2D eigenvalue weighted by Gasteiger charge is -2.16. The molecule has 0 aromatic heterocycles. The Balaban J connectivity index is 2.60. The average molecular weight is 227 g/mol. The Bertz CT molecular complexity index is 459. The maximum absolute atomic E-state index is 11.1. The monoisotopic (exact) mass is 226 g/mol. The highest BCUT2D eigenvalue weighted by Crippen LogP contribution is 2.35. The number of nitro benzene ring substituents is 1. The number of anilines is 1. The topological polar surface area (TPSA) is 72.2 Å². The van der Waals surface area contributed by atoms with Crippen LogP contribution in [0.25, 0.3) is 0 Å². The number of aryl methyl sites for hydroxylation is 1. The molecule has 5 nitrogen and oxygen atoms in total. The Morgan fingerprint density at radius 2 is 2.13 bits per heavy atom. The largest absolute Gasteiger partial charge is 0.320 e. The first-order chi connectivity index (χ1) is 7.08. The van der Waals surface area contributed by atoms with Crippen LogP contribution in [0.3, 0.4) is 0 Å². The maximum Gasteiger partial charge on any atom is 0.294 e. The molecule has 1 N–H and O–H groups in total. The molecule has 0 radical (unpaired) electrons. The number of benzene rings is 1. The molecule has 1 amide bonds. The standard InChI is InChI=1S/C9H7ClN2O3/c10-6-3-5-1-2-8(13)11-9(5)7(4-6)12(14)15/h3-4H,1-2H2,(H,11,13). The van der Waals surface area contributed by atoms with Crippen LogP contribution in [0.15, 0.2) is 12.1 Å². The fourth-order valence-electron chi connectivity index (χ4n) is 1.58. The summed E-state index contributed by atoms with van der Waals surface area (Å²) in [6.45, 7) is 0. The van der Waals surface area contributed by atoms with Gasteiger partial charge in [0.25, 0.3) is 5.69 Å². The third-order valence-electron chi connectivity index (χ3n) is 2.25. The number of hydrogen-bond donors (Lipinski definition) is 1. The van der Waals surface area contributed by atoms with Gasteiger partial charge in [0.05, 0.1) is 4.92 Å². The number of fused-ring (bicyclic) bond motifs is 1. The Morgan fingerprint density at radius 1 is 1.40 bits per heavy atom. The summed E-state index contributed by atoms with van der Waals surface area (Å²) in [5, 5.41) is 13.5. The van der Waals surface area contributed by atoms with E-state index in [1.54, 1.807) is 6.07 Å². The van der Waals surface area contributed by atoms with Crippen molar-refractivity contribution in [2.45, 2.75) is 12.8 Å². The van der Waals surface area contributed by atoms with Gasteiger partial charge in [0.2, 0.25) is 5.91 Å². The molecule has 1 aliphatic rings. The summed E-state index contributed by atoms with van der Waals surface area (Å²) in [5.74, 6) is -0.201. The number of carbonyl (C=O) groups is 1. The zero-order valence-corrected chi connectivity index (χ0v) is 8.37. The number of nitro groups is 1. The molecule has 0 saturated heterocycles. The molecule has 0 fully saturated rings. The van der Waals surface area contributed by atoms with E-state index in [1.807, 2.05) is 0 Å². The van der Waals surface area contributed by atoms with Crippen LogP contribution >= 0.6 is 11.6 Å². The Kier molecular flexibility index (Phi) is 2.32. The summed E-state index contributed by atoms with van der Waals surface area (Å²) in [7, 11) is 0. The Morgan fingerprint density at radius 3 is 2.80 bits per heavy atom. The molecular formula is C9H7ClN2O3. The second-order valence-corrected chi connectivity index (χ2v) is 3.70. The smallest absolute Gasteiger partial charge is 0.294 e. The molecule has 0 bridgehead atoms. The second-order valence-electron chi connectivity index (χ2n) is 3.26. The van der Waals surface area contributed by atoms with Crippen LogP contribution in [-0.4, -0.2) is 10.8 Å². The third kappa shape index (κ3) is 1.78. The van der Waals surface area contributed by atoms with Crippen molar-refractivity contribution < 1.29 is 9.72 Å². The first kappa shape index (κ1) is 9.92. The fraction of sp³-hybridized carbons (Fsp3) is 0.222. The number of hydrogen-bond acceptors (Lipinski definition) is 3. The van der Waals surface area contributed by atoms with Crippen molar-refractivity contribution in [2.75, 3.05) is 5.32 Å². The van der Waals surface area contributed by atoms with Gasteiger partial charge >= 0.3 is 0 Å². The zero-order valence-electron chi connectivity index (χ0n) is 7.62. The molecule has 0 unspecified atom stereocenters. The SMILES string of the molecule is O=C1CCc2cc(Cl)cc([N+](=O)[O-])c2N1. The molecule has 1 aromatic rings. The van der Waals surface area contributed by atoms with Crippen molar-refractivity contribution in [1.29, 1.82) is 0 Å². The maximum atomic E-state index is 11.1. The van der Waals surface area contributed by atoms with E-state index < -0.39 is 4.92 Å². The van der Waals surface area contributed by atoms with Gasteiger partial charge in [-0.25, -0.2) is 0 Å². The molecule has 78 valence electrons. The third-order valence-corrected chi connectivity index (χ3v) is 2.46. The van der Waals surface area contributed by atoms with Gasteiger partial charge in [-0.2, -0.15) is 0 Å². The number of amides is 1. The molecule has 0 spiro atoms. The van der Waals surface area contributed by atoms with Crippen molar-refractivity contribution in [3.05, 3.63) is 32.8 Å². The number of nitrogens with zero attached hydrogens (tertiary/aromatic N) is 1. The van der Waals surface area contributed by atoms with E-state index in [0.29, 0.717) is 23.4 Å². The van der Waals surface area contributed by atoms with Gasteiger partial charge in [0.1, 0.15) is 5.69 Å². The van der Waals surface area contributed by atoms with Crippen LogP contribution in [-0.2, 0) is 11.2 Å². The van der Waals surface area contributed by atoms with Crippen molar-refractivity contribution in [3.8, 4) is 0 Å². The minimum Gasteiger partial charge on any atom is -0.320 e. The lowest BCUT2D eigenvalue weighted by atomic mass is 10.0. The van der Waals surface area contributed by atoms with Crippen LogP contribution in [0.4, 0.5) is 11.4 Å². The number of halogens is 1. The van der Waals surface area contributed by atoms with Gasteiger partial charge in [0, 0.05) is 17.5 Å². The number of carbonyl (C=O) groups excluding carboxylic acids is 1. The van der Waals surface area contributed by atoms with Gasteiger partial charge in [0.15, 0.2) is 0 Å². The first-order valence-electron chi connectivity index (χ1n) is 4.34. The van der Waals surface area contributed by atoms with Crippen LogP contribution in [0.1, 0.15) is 12.0 Å². The summed E-state index contributed by atoms with van der Waals surface area (Å²) in [6, 6.07) is 2.88. The molecule has 0 aliphatic carbocycles. The van der Waals surface area contributed by atoms with E-state index >= 15 is 0 Å². The number of nitrogens with one attached hydrogen (secondary N) is 1. The van der Waals surface area contributed by atoms with Crippen LogP contribution in [0.5, 0.6) is 0 Å². The van der Waals surface area contributed by atoms with Crippen LogP contribution in [0, 0.1) is 10.1 Å². The van der Waals surface area contributed by atoms with E-state index in [0.717, 1.165) is 0 Å². The summed E-state index contributed by atoms with van der Waals surface area (Å²) < 4.78 is 0. The Labute approximate surface area is 90.2 Å². The van der Waals surface area contributed by atoms with Crippen molar-refractivity contribution in [2.24, 2.45) is 0 Å². The Hall–Kier alpha value is -1.62. The predicted molar refractivity (Wildman–Crippen MR) is 55.1 cm³/mol. The molecule has 1 aromatic carbocycles. The molecule has 0 saturated carbocycles. The molecule has 1 aliphatic heterocycles. The normalized spacial score (nSPS) is 14.3. The highest BCUT2D eigenvalue weighted by molar-refractivity contribution is 6.31. The molecular weight excluding hydrogens is 220 g/mol. The van der Waals surface area contributed by atoms with Gasteiger partial charge in [-0.3, -0.25) is 14.9 Å². The minimum atomic E-state index is -0.545. The minimum absolute atomic E-state index is 0.148. The van der Waals surface area contributed by atoms with E-state index in [9.17, 15) is 14.9 Å². The van der Waals surface area contributed by atoms with Crippen molar-refractivity contribution in [3.63, 3.8) is 0 Å². The summed E-state index contributed by atoms with van der Waals surface area (Å²) in [5.41, 5.74) is 0.847. The van der Waals surface area contributed by atoms with Crippen LogP contribution in [0.2, 0.25) is 5.02 Å². The molecule has 0 atom stereocenters. The second kappa shape index (κ2) is 3.51. The lowest BCUT2D eigenvalue weighted by molar-refractivity contribution is -0.384. The van der Waals surface area contributed by atoms with E-state index in [4.69, 9.17) is 11.6 Å². The van der Waals surface area contributed by atoms with Crippen LogP contribution < -0.4 is 5.32 Å². The number of rotatable bonds is 1. The quantitative estimate of drug-likeness (QED) is 0.589. The zero-order chi connectivity index (χ0) is 11.0. The molecule has 1 heterocycles. The predicted octanol–water partition coefficient (Wildman–Crippen LogP) is 2.13. The average Bonchev–Trinajstić information content (AvgIpc) is 2.17. The highest BCUT2D eigenvalue weighted by atomic mass is 35.5. The van der Waals surface area contributed by atoms with E-state index in [2.05, 4.69) is 5.32 Å². The van der Waals surface area contributed by atoms with Gasteiger partial charge < -0.3 is 5.32 Å². The summed E-state index contributed by atoms with van der Waals surface area (Å²) >= 11 is 5.75. The highest BCUT2D eigenvalue weighted by Gasteiger charge is 2.24. The fourth-order valence-corrected chi connectivity index (χ4v) is 1.82. The van der Waals surface area contributed by atoms with E-state index in [1.165, 1.54) is 6.07 Å².